The first-order valence-electron chi connectivity index (χ1n) is 7.18. The molecule has 1 N–H and O–H groups in total. The van der Waals surface area contributed by atoms with Gasteiger partial charge in [-0.15, -0.1) is 0 Å². The van der Waals surface area contributed by atoms with Crippen molar-refractivity contribution >= 4 is 15.7 Å². The Morgan fingerprint density at radius 1 is 1.14 bits per heavy atom. The van der Waals surface area contributed by atoms with Crippen LogP contribution in [0.4, 0.5) is 5.69 Å². The quantitative estimate of drug-likeness (QED) is 0.612. The smallest absolute Gasteiger partial charge is 0.269 e. The highest BCUT2D eigenvalue weighted by atomic mass is 32.2. The molecule has 0 saturated carbocycles. The molecule has 2 saturated heterocycles. The molecule has 120 valence electrons. The fourth-order valence-corrected chi connectivity index (χ4v) is 4.29. The average molecular weight is 326 g/mol. The van der Waals surface area contributed by atoms with Crippen LogP contribution < -0.4 is 5.32 Å². The molecule has 22 heavy (non-hydrogen) atoms. The van der Waals surface area contributed by atoms with Gasteiger partial charge in [-0.1, -0.05) is 0 Å². The van der Waals surface area contributed by atoms with Gasteiger partial charge in [-0.25, -0.2) is 8.42 Å². The van der Waals surface area contributed by atoms with Crippen molar-refractivity contribution in [3.8, 4) is 0 Å². The number of nitro groups is 1. The molecule has 3 rings (SSSR count). The van der Waals surface area contributed by atoms with Gasteiger partial charge in [0.05, 0.1) is 9.82 Å². The van der Waals surface area contributed by atoms with Crippen LogP contribution >= 0.6 is 0 Å². The minimum Gasteiger partial charge on any atom is -0.314 e. The molecule has 2 fully saturated rings. The SMILES string of the molecule is O=[N+]([O-])c1ccc(S(=O)(=O)N2CC(N3CCNCC3)C2)cc1. The van der Waals surface area contributed by atoms with E-state index in [0.29, 0.717) is 13.1 Å². The van der Waals surface area contributed by atoms with Crippen molar-refractivity contribution in [2.24, 2.45) is 0 Å². The van der Waals surface area contributed by atoms with Crippen LogP contribution in [-0.2, 0) is 10.0 Å². The minimum atomic E-state index is -3.55. The van der Waals surface area contributed by atoms with Gasteiger partial charge in [-0.3, -0.25) is 15.0 Å². The largest absolute Gasteiger partial charge is 0.314 e. The summed E-state index contributed by atoms with van der Waals surface area (Å²) in [5, 5.41) is 13.9. The lowest BCUT2D eigenvalue weighted by Gasteiger charge is -2.45. The number of nitrogens with zero attached hydrogens (tertiary/aromatic N) is 3. The molecule has 1 aromatic rings. The fraction of sp³-hybridized carbons (Fsp3) is 0.538. The summed E-state index contributed by atoms with van der Waals surface area (Å²) >= 11 is 0. The van der Waals surface area contributed by atoms with E-state index < -0.39 is 14.9 Å². The van der Waals surface area contributed by atoms with E-state index >= 15 is 0 Å². The van der Waals surface area contributed by atoms with Crippen LogP contribution in [0.1, 0.15) is 0 Å². The molecule has 0 aromatic heterocycles. The van der Waals surface area contributed by atoms with Crippen molar-refractivity contribution in [3.63, 3.8) is 0 Å². The summed E-state index contributed by atoms with van der Waals surface area (Å²) in [5.74, 6) is 0. The topological polar surface area (TPSA) is 95.8 Å². The molecule has 0 aliphatic carbocycles. The maximum Gasteiger partial charge on any atom is 0.269 e. The van der Waals surface area contributed by atoms with Crippen molar-refractivity contribution in [1.82, 2.24) is 14.5 Å². The zero-order valence-electron chi connectivity index (χ0n) is 12.0. The normalized spacial score (nSPS) is 21.5. The predicted octanol–water partition coefficient (Wildman–Crippen LogP) is -0.127. The van der Waals surface area contributed by atoms with Crippen LogP contribution in [0.25, 0.3) is 0 Å². The highest BCUT2D eigenvalue weighted by molar-refractivity contribution is 7.89. The van der Waals surface area contributed by atoms with Crippen molar-refractivity contribution in [2.75, 3.05) is 39.3 Å². The van der Waals surface area contributed by atoms with Gasteiger partial charge in [0.1, 0.15) is 0 Å². The summed E-state index contributed by atoms with van der Waals surface area (Å²) in [4.78, 5) is 12.5. The lowest BCUT2D eigenvalue weighted by Crippen LogP contribution is -2.63. The number of nitrogens with one attached hydrogen (secondary N) is 1. The van der Waals surface area contributed by atoms with E-state index in [0.717, 1.165) is 26.2 Å². The van der Waals surface area contributed by atoms with Crippen molar-refractivity contribution < 1.29 is 13.3 Å². The Balaban J connectivity index is 1.65. The molecule has 2 heterocycles. The lowest BCUT2D eigenvalue weighted by atomic mass is 10.1. The number of sulfonamides is 1. The molecule has 0 bridgehead atoms. The molecule has 0 atom stereocenters. The number of hydrogen-bond donors (Lipinski definition) is 1. The first kappa shape index (κ1) is 15.3. The molecule has 8 nitrogen and oxygen atoms in total. The third-order valence-electron chi connectivity index (χ3n) is 4.18. The molecule has 2 aliphatic rings. The monoisotopic (exact) mass is 326 g/mol. The van der Waals surface area contributed by atoms with Gasteiger partial charge >= 0.3 is 0 Å². The number of piperazine rings is 1. The highest BCUT2D eigenvalue weighted by Gasteiger charge is 2.39. The molecule has 1 aromatic carbocycles. The van der Waals surface area contributed by atoms with Gasteiger partial charge in [0.15, 0.2) is 0 Å². The predicted molar refractivity (Wildman–Crippen MR) is 80.1 cm³/mol. The summed E-state index contributed by atoms with van der Waals surface area (Å²) in [6.07, 6.45) is 0. The summed E-state index contributed by atoms with van der Waals surface area (Å²) in [5.41, 5.74) is -0.110. The summed E-state index contributed by atoms with van der Waals surface area (Å²) in [6.45, 7) is 4.72. The van der Waals surface area contributed by atoms with Crippen molar-refractivity contribution in [2.45, 2.75) is 10.9 Å². The van der Waals surface area contributed by atoms with E-state index in [1.54, 1.807) is 0 Å². The molecule has 0 unspecified atom stereocenters. The van der Waals surface area contributed by atoms with E-state index in [1.807, 2.05) is 0 Å². The van der Waals surface area contributed by atoms with Crippen LogP contribution in [0.5, 0.6) is 0 Å². The van der Waals surface area contributed by atoms with Crippen molar-refractivity contribution in [3.05, 3.63) is 34.4 Å². The maximum atomic E-state index is 12.4. The summed E-state index contributed by atoms with van der Waals surface area (Å²) < 4.78 is 26.3. The Morgan fingerprint density at radius 2 is 1.73 bits per heavy atom. The third kappa shape index (κ3) is 2.84. The maximum absolute atomic E-state index is 12.4. The fourth-order valence-electron chi connectivity index (χ4n) is 2.78. The van der Waals surface area contributed by atoms with Gasteiger partial charge in [0.25, 0.3) is 5.69 Å². The Labute approximate surface area is 128 Å². The number of non-ortho nitro benzene ring substituents is 1. The average Bonchev–Trinajstić information content (AvgIpc) is 2.46. The van der Waals surface area contributed by atoms with Crippen LogP contribution in [0, 0.1) is 10.1 Å². The van der Waals surface area contributed by atoms with E-state index in [-0.39, 0.29) is 16.6 Å². The Bertz CT molecular complexity index is 649. The Kier molecular flexibility index (Phi) is 4.13. The molecule has 0 spiro atoms. The van der Waals surface area contributed by atoms with E-state index in [4.69, 9.17) is 0 Å². The molecule has 0 radical (unpaired) electrons. The summed E-state index contributed by atoms with van der Waals surface area (Å²) in [7, 11) is -3.55. The van der Waals surface area contributed by atoms with E-state index in [9.17, 15) is 18.5 Å². The van der Waals surface area contributed by atoms with Gasteiger partial charge in [0.2, 0.25) is 10.0 Å². The van der Waals surface area contributed by atoms with Crippen molar-refractivity contribution in [1.29, 1.82) is 0 Å². The Morgan fingerprint density at radius 3 is 2.27 bits per heavy atom. The molecule has 0 amide bonds. The number of hydrogen-bond acceptors (Lipinski definition) is 6. The second-order valence-corrected chi connectivity index (χ2v) is 7.45. The van der Waals surface area contributed by atoms with Gasteiger partial charge in [-0.05, 0) is 12.1 Å². The van der Waals surface area contributed by atoms with Crippen LogP contribution in [-0.4, -0.2) is 67.9 Å². The molecule has 9 heteroatoms. The standard InChI is InChI=1S/C13H18N4O4S/c18-17(19)11-1-3-13(4-2-11)22(20,21)16-9-12(10-16)15-7-5-14-6-8-15/h1-4,12,14H,5-10H2. The van der Waals surface area contributed by atoms with Gasteiger partial charge < -0.3 is 5.32 Å². The lowest BCUT2D eigenvalue weighted by molar-refractivity contribution is -0.384. The van der Waals surface area contributed by atoms with E-state index in [2.05, 4.69) is 10.2 Å². The number of nitro benzene ring substituents is 1. The van der Waals surface area contributed by atoms with Gasteiger partial charge in [0, 0.05) is 57.4 Å². The zero-order chi connectivity index (χ0) is 15.7. The first-order valence-corrected chi connectivity index (χ1v) is 8.62. The molecular formula is C13H18N4O4S. The third-order valence-corrected chi connectivity index (χ3v) is 6.03. The Hall–Kier alpha value is -1.55. The summed E-state index contributed by atoms with van der Waals surface area (Å²) in [6, 6.07) is 5.31. The molecule has 2 aliphatic heterocycles. The second kappa shape index (κ2) is 5.92. The molecular weight excluding hydrogens is 308 g/mol. The highest BCUT2D eigenvalue weighted by Crippen LogP contribution is 2.25. The van der Waals surface area contributed by atoms with Gasteiger partial charge in [-0.2, -0.15) is 4.31 Å². The van der Waals surface area contributed by atoms with Crippen LogP contribution in [0.3, 0.4) is 0 Å². The number of benzene rings is 1. The first-order chi connectivity index (χ1) is 10.5. The minimum absolute atomic E-state index is 0.108. The van der Waals surface area contributed by atoms with E-state index in [1.165, 1.54) is 28.6 Å². The number of rotatable bonds is 4. The van der Waals surface area contributed by atoms with Crippen LogP contribution in [0.15, 0.2) is 29.2 Å². The second-order valence-electron chi connectivity index (χ2n) is 5.51. The zero-order valence-corrected chi connectivity index (χ0v) is 12.8. The van der Waals surface area contributed by atoms with Crippen LogP contribution in [0.2, 0.25) is 0 Å².